The third-order valence-electron chi connectivity index (χ3n) is 5.57. The van der Waals surface area contributed by atoms with Gasteiger partial charge in [-0.2, -0.15) is 0 Å². The van der Waals surface area contributed by atoms with Crippen LogP contribution in [0.25, 0.3) is 6.08 Å². The second-order valence-electron chi connectivity index (χ2n) is 7.99. The first-order chi connectivity index (χ1) is 17.8. The third-order valence-corrected chi connectivity index (χ3v) is 5.86. The van der Waals surface area contributed by atoms with Gasteiger partial charge in [0.15, 0.2) is 16.6 Å². The number of anilines is 1. The molecule has 0 bridgehead atoms. The first-order valence-electron chi connectivity index (χ1n) is 11.2. The molecule has 1 N–H and O–H groups in total. The van der Waals surface area contributed by atoms with Crippen molar-refractivity contribution < 1.29 is 27.8 Å². The minimum absolute atomic E-state index is 0.0381. The highest BCUT2D eigenvalue weighted by atomic mass is 32.1. The zero-order valence-electron chi connectivity index (χ0n) is 19.8. The number of halogens is 2. The number of allylic oxidation sites excluding steroid dienone is 1. The Hall–Kier alpha value is -4.37. The molecule has 1 saturated heterocycles. The van der Waals surface area contributed by atoms with Gasteiger partial charge in [0, 0.05) is 11.1 Å². The predicted molar refractivity (Wildman–Crippen MR) is 140 cm³/mol. The van der Waals surface area contributed by atoms with Crippen molar-refractivity contribution in [2.24, 2.45) is 0 Å². The first kappa shape index (κ1) is 25.7. The van der Waals surface area contributed by atoms with E-state index in [0.717, 1.165) is 4.90 Å². The Morgan fingerprint density at radius 1 is 1.03 bits per heavy atom. The minimum Gasteiger partial charge on any atom is -0.493 e. The van der Waals surface area contributed by atoms with Crippen molar-refractivity contribution in [3.05, 3.63) is 107 Å². The summed E-state index contributed by atoms with van der Waals surface area (Å²) in [5, 5.41) is 2.21. The van der Waals surface area contributed by atoms with Gasteiger partial charge in [0.1, 0.15) is 23.8 Å². The maximum absolute atomic E-state index is 14.4. The van der Waals surface area contributed by atoms with E-state index >= 15 is 0 Å². The molecule has 188 valence electrons. The van der Waals surface area contributed by atoms with Gasteiger partial charge in [-0.25, -0.2) is 13.7 Å². The highest BCUT2D eigenvalue weighted by Crippen LogP contribution is 2.35. The van der Waals surface area contributed by atoms with Gasteiger partial charge in [0.25, 0.3) is 11.8 Å². The molecule has 0 spiro atoms. The summed E-state index contributed by atoms with van der Waals surface area (Å²) < 4.78 is 39.9. The lowest BCUT2D eigenvalue weighted by molar-refractivity contribution is -0.122. The van der Waals surface area contributed by atoms with Crippen LogP contribution < -0.4 is 19.7 Å². The third kappa shape index (κ3) is 5.41. The van der Waals surface area contributed by atoms with Gasteiger partial charge in [-0.15, -0.1) is 6.58 Å². The van der Waals surface area contributed by atoms with E-state index in [2.05, 4.69) is 11.9 Å². The van der Waals surface area contributed by atoms with Gasteiger partial charge in [0.2, 0.25) is 0 Å². The molecule has 1 aliphatic heterocycles. The Kier molecular flexibility index (Phi) is 7.74. The zero-order chi connectivity index (χ0) is 26.5. The lowest BCUT2D eigenvalue weighted by atomic mass is 10.0. The van der Waals surface area contributed by atoms with E-state index in [1.807, 2.05) is 0 Å². The first-order valence-corrected chi connectivity index (χ1v) is 11.6. The number of nitrogens with one attached hydrogen (secondary N) is 1. The molecule has 0 aliphatic carbocycles. The number of carbonyl (C=O) groups is 2. The summed E-state index contributed by atoms with van der Waals surface area (Å²) in [4.78, 5) is 26.9. The van der Waals surface area contributed by atoms with Crippen LogP contribution in [0.15, 0.2) is 78.9 Å². The molecular formula is C28H22F2N2O4S. The normalized spacial score (nSPS) is 14.5. The second-order valence-corrected chi connectivity index (χ2v) is 8.38. The number of ether oxygens (including phenoxy) is 2. The Morgan fingerprint density at radius 3 is 2.41 bits per heavy atom. The van der Waals surface area contributed by atoms with Crippen LogP contribution in [0.2, 0.25) is 0 Å². The van der Waals surface area contributed by atoms with E-state index in [-0.39, 0.29) is 23.0 Å². The highest BCUT2D eigenvalue weighted by Gasteiger charge is 2.35. The quantitative estimate of drug-likeness (QED) is 0.194. The molecule has 1 aliphatic rings. The Bertz CT molecular complexity index is 1440. The van der Waals surface area contributed by atoms with Crippen LogP contribution in [-0.2, 0) is 22.6 Å². The number of rotatable bonds is 8. The smallest absolute Gasteiger partial charge is 0.270 e. The van der Waals surface area contributed by atoms with Crippen LogP contribution in [0.5, 0.6) is 11.5 Å². The average molecular weight is 521 g/mol. The predicted octanol–water partition coefficient (Wildman–Crippen LogP) is 5.11. The molecule has 0 unspecified atom stereocenters. The number of nitrogens with zero attached hydrogens (tertiary/aromatic N) is 1. The lowest BCUT2D eigenvalue weighted by Gasteiger charge is -2.29. The molecule has 2 amide bonds. The number of hydrogen-bond acceptors (Lipinski definition) is 5. The Labute approximate surface area is 217 Å². The summed E-state index contributed by atoms with van der Waals surface area (Å²) in [5.74, 6) is -1.86. The Balaban J connectivity index is 1.72. The van der Waals surface area contributed by atoms with Crippen molar-refractivity contribution in [2.45, 2.75) is 13.0 Å². The summed E-state index contributed by atoms with van der Waals surface area (Å²) in [5.41, 5.74) is 1.14. The molecular weight excluding hydrogens is 498 g/mol. The van der Waals surface area contributed by atoms with E-state index in [1.54, 1.807) is 42.5 Å². The highest BCUT2D eigenvalue weighted by molar-refractivity contribution is 7.80. The average Bonchev–Trinajstić information content (AvgIpc) is 2.87. The van der Waals surface area contributed by atoms with Crippen LogP contribution >= 0.6 is 12.2 Å². The molecule has 1 heterocycles. The van der Waals surface area contributed by atoms with E-state index in [0.29, 0.717) is 34.6 Å². The molecule has 0 saturated carbocycles. The topological polar surface area (TPSA) is 67.9 Å². The molecule has 0 radical (unpaired) electrons. The number of carbonyl (C=O) groups excluding carboxylic acids is 2. The summed E-state index contributed by atoms with van der Waals surface area (Å²) in [6.07, 6.45) is 3.38. The summed E-state index contributed by atoms with van der Waals surface area (Å²) >= 11 is 5.14. The van der Waals surface area contributed by atoms with Gasteiger partial charge < -0.3 is 9.47 Å². The van der Waals surface area contributed by atoms with E-state index in [4.69, 9.17) is 21.7 Å². The number of methoxy groups -OCH3 is 1. The fourth-order valence-electron chi connectivity index (χ4n) is 3.83. The Morgan fingerprint density at radius 2 is 1.73 bits per heavy atom. The van der Waals surface area contributed by atoms with E-state index in [9.17, 15) is 18.4 Å². The molecule has 9 heteroatoms. The maximum atomic E-state index is 14.4. The molecule has 4 rings (SSSR count). The molecule has 37 heavy (non-hydrogen) atoms. The van der Waals surface area contributed by atoms with Gasteiger partial charge in [-0.05, 0) is 60.6 Å². The van der Waals surface area contributed by atoms with Crippen LogP contribution in [0.1, 0.15) is 16.7 Å². The monoisotopic (exact) mass is 520 g/mol. The second kappa shape index (κ2) is 11.1. The SMILES string of the molecule is C=CCc1cc(/C=C2\C(=O)NC(=S)N(c3ccccc3F)C2=O)cc(OC)c1OCc1ccccc1F. The summed E-state index contributed by atoms with van der Waals surface area (Å²) in [7, 11) is 1.44. The number of benzene rings is 3. The maximum Gasteiger partial charge on any atom is 0.270 e. The lowest BCUT2D eigenvalue weighted by Crippen LogP contribution is -2.54. The van der Waals surface area contributed by atoms with Crippen molar-refractivity contribution in [3.8, 4) is 11.5 Å². The van der Waals surface area contributed by atoms with E-state index < -0.39 is 23.4 Å². The van der Waals surface area contributed by atoms with Crippen molar-refractivity contribution in [1.82, 2.24) is 5.32 Å². The standard InChI is InChI=1S/C28H22F2N2O4S/c1-3-8-18-13-17(15-24(35-2)25(18)36-16-19-9-4-5-10-21(19)29)14-20-26(33)31-28(37)32(27(20)34)23-12-7-6-11-22(23)30/h3-7,9-15H,1,8,16H2,2H3,(H,31,33,37)/b20-14+. The molecule has 3 aromatic rings. The van der Waals surface area contributed by atoms with Crippen LogP contribution in [0, 0.1) is 11.6 Å². The van der Waals surface area contributed by atoms with Gasteiger partial charge in [-0.1, -0.05) is 36.4 Å². The van der Waals surface area contributed by atoms with Crippen LogP contribution in [0.3, 0.4) is 0 Å². The van der Waals surface area contributed by atoms with Gasteiger partial charge in [-0.3, -0.25) is 14.9 Å². The molecule has 0 atom stereocenters. The van der Waals surface area contributed by atoms with Crippen LogP contribution in [-0.4, -0.2) is 24.0 Å². The number of para-hydroxylation sites is 1. The fraction of sp³-hybridized carbons (Fsp3) is 0.107. The van der Waals surface area contributed by atoms with E-state index in [1.165, 1.54) is 37.5 Å². The van der Waals surface area contributed by atoms with Crippen molar-refractivity contribution in [2.75, 3.05) is 12.0 Å². The number of amides is 2. The molecule has 0 aromatic heterocycles. The zero-order valence-corrected chi connectivity index (χ0v) is 20.6. The number of thiocarbonyl (C=S) groups is 1. The van der Waals surface area contributed by atoms with Crippen molar-refractivity contribution in [3.63, 3.8) is 0 Å². The van der Waals surface area contributed by atoms with Crippen molar-refractivity contribution in [1.29, 1.82) is 0 Å². The number of hydrogen-bond donors (Lipinski definition) is 1. The molecule has 1 fully saturated rings. The summed E-state index contributed by atoms with van der Waals surface area (Å²) in [6, 6.07) is 15.2. The van der Waals surface area contributed by atoms with Gasteiger partial charge >= 0.3 is 0 Å². The minimum atomic E-state index is -0.775. The largest absolute Gasteiger partial charge is 0.493 e. The van der Waals surface area contributed by atoms with Crippen LogP contribution in [0.4, 0.5) is 14.5 Å². The van der Waals surface area contributed by atoms with Crippen molar-refractivity contribution >= 4 is 40.9 Å². The van der Waals surface area contributed by atoms with Gasteiger partial charge in [0.05, 0.1) is 12.8 Å². The summed E-state index contributed by atoms with van der Waals surface area (Å²) in [6.45, 7) is 3.73. The molecule has 3 aromatic carbocycles. The molecule has 6 nitrogen and oxygen atoms in total. The fourth-order valence-corrected chi connectivity index (χ4v) is 4.10.